The molecule has 0 radical (unpaired) electrons. The first-order valence-corrected chi connectivity index (χ1v) is 6.03. The first-order valence-electron chi connectivity index (χ1n) is 6.03. The predicted molar refractivity (Wildman–Crippen MR) is 62.1 cm³/mol. The van der Waals surface area contributed by atoms with Crippen LogP contribution in [-0.2, 0) is 4.79 Å². The fourth-order valence-corrected chi connectivity index (χ4v) is 2.28. The highest BCUT2D eigenvalue weighted by atomic mass is 16.3. The van der Waals surface area contributed by atoms with Crippen LogP contribution in [0.4, 0.5) is 0 Å². The van der Waals surface area contributed by atoms with E-state index in [0.29, 0.717) is 12.8 Å². The van der Waals surface area contributed by atoms with Gasteiger partial charge in [-0.1, -0.05) is 18.0 Å². The van der Waals surface area contributed by atoms with E-state index in [2.05, 4.69) is 5.18 Å². The zero-order valence-electron chi connectivity index (χ0n) is 10.1. The maximum atomic E-state index is 11.3. The molecule has 3 atom stereocenters. The summed E-state index contributed by atoms with van der Waals surface area (Å²) >= 11 is 0. The summed E-state index contributed by atoms with van der Waals surface area (Å²) < 4.78 is 0. The Morgan fingerprint density at radius 2 is 2.06 bits per heavy atom. The van der Waals surface area contributed by atoms with E-state index in [0.717, 1.165) is 25.7 Å². The maximum absolute atomic E-state index is 11.3. The number of carbonyl (C=O) groups is 1. The van der Waals surface area contributed by atoms with Gasteiger partial charge in [0.2, 0.25) is 0 Å². The normalized spacial score (nSPS) is 29.4. The number of hydrogen-bond acceptors (Lipinski definition) is 4. The summed E-state index contributed by atoms with van der Waals surface area (Å²) in [5.41, 5.74) is -1.10. The first kappa shape index (κ1) is 13.3. The fourth-order valence-electron chi connectivity index (χ4n) is 2.28. The van der Waals surface area contributed by atoms with Crippen LogP contribution in [0.5, 0.6) is 0 Å². The summed E-state index contributed by atoms with van der Waals surface area (Å²) in [4.78, 5) is 22.0. The molecule has 0 amide bonds. The molecule has 4 heteroatoms. The van der Waals surface area contributed by atoms with E-state index in [1.54, 1.807) is 6.92 Å². The number of ketones is 1. The van der Waals surface area contributed by atoms with Gasteiger partial charge in [0.15, 0.2) is 11.3 Å². The van der Waals surface area contributed by atoms with Gasteiger partial charge >= 0.3 is 0 Å². The van der Waals surface area contributed by atoms with E-state index in [9.17, 15) is 14.8 Å². The lowest BCUT2D eigenvalue weighted by molar-refractivity contribution is -0.121. The number of aliphatic hydroxyl groups excluding tert-OH is 1. The molecule has 1 aliphatic carbocycles. The minimum absolute atomic E-state index is 0.187. The van der Waals surface area contributed by atoms with Crippen molar-refractivity contribution in [3.05, 3.63) is 4.91 Å². The lowest BCUT2D eigenvalue weighted by Crippen LogP contribution is -2.33. The zero-order valence-corrected chi connectivity index (χ0v) is 10.1. The largest absolute Gasteiger partial charge is 0.393 e. The first-order chi connectivity index (χ1) is 7.49. The molecule has 0 spiro atoms. The highest BCUT2D eigenvalue weighted by molar-refractivity contribution is 5.85. The zero-order chi connectivity index (χ0) is 12.2. The van der Waals surface area contributed by atoms with E-state index < -0.39 is 5.54 Å². The lowest BCUT2D eigenvalue weighted by Gasteiger charge is -2.29. The van der Waals surface area contributed by atoms with E-state index in [1.807, 2.05) is 0 Å². The fraction of sp³-hybridized carbons (Fsp3) is 0.917. The Hall–Kier alpha value is -0.770. The molecule has 1 saturated carbocycles. The van der Waals surface area contributed by atoms with Crippen LogP contribution in [-0.4, -0.2) is 22.5 Å². The summed E-state index contributed by atoms with van der Waals surface area (Å²) in [5, 5.41) is 12.7. The molecule has 0 heterocycles. The van der Waals surface area contributed by atoms with Crippen molar-refractivity contribution in [3.63, 3.8) is 0 Å². The number of nitroso groups, excluding NO2 is 1. The molecule has 4 nitrogen and oxygen atoms in total. The third-order valence-electron chi connectivity index (χ3n) is 3.83. The molecule has 0 aromatic rings. The third-order valence-corrected chi connectivity index (χ3v) is 3.83. The molecule has 1 rings (SSSR count). The minimum Gasteiger partial charge on any atom is -0.393 e. The highest BCUT2D eigenvalue weighted by Gasteiger charge is 2.33. The average Bonchev–Trinajstić information content (AvgIpc) is 2.27. The third kappa shape index (κ3) is 3.11. The molecule has 92 valence electrons. The van der Waals surface area contributed by atoms with Crippen LogP contribution in [0.2, 0.25) is 0 Å². The van der Waals surface area contributed by atoms with E-state index in [-0.39, 0.29) is 17.8 Å². The number of rotatable bonds is 5. The quantitative estimate of drug-likeness (QED) is 0.733. The number of nitrogens with zero attached hydrogens (tertiary/aromatic N) is 1. The molecule has 0 aromatic heterocycles. The van der Waals surface area contributed by atoms with E-state index >= 15 is 0 Å². The average molecular weight is 227 g/mol. The van der Waals surface area contributed by atoms with Crippen molar-refractivity contribution in [3.8, 4) is 0 Å². The molecule has 1 N–H and O–H groups in total. The van der Waals surface area contributed by atoms with Gasteiger partial charge in [0.05, 0.1) is 6.10 Å². The van der Waals surface area contributed by atoms with Crippen molar-refractivity contribution in [1.82, 2.24) is 0 Å². The molecule has 0 aromatic carbocycles. The van der Waals surface area contributed by atoms with E-state index in [4.69, 9.17) is 0 Å². The standard InChI is InChI=1S/C12H21NO3/c1-9(14)12(2,13-16)8-7-10-5-3-4-6-11(10)15/h10-11,15H,3-8H2,1-2H3. The Labute approximate surface area is 96.4 Å². The summed E-state index contributed by atoms with van der Waals surface area (Å²) in [6.45, 7) is 2.98. The van der Waals surface area contributed by atoms with Crippen molar-refractivity contribution in [1.29, 1.82) is 0 Å². The number of aliphatic hydroxyl groups is 1. The van der Waals surface area contributed by atoms with Crippen LogP contribution >= 0.6 is 0 Å². The van der Waals surface area contributed by atoms with Gasteiger partial charge in [-0.05, 0) is 45.4 Å². The van der Waals surface area contributed by atoms with Crippen molar-refractivity contribution < 1.29 is 9.90 Å². The van der Waals surface area contributed by atoms with Gasteiger partial charge in [-0.25, -0.2) is 0 Å². The van der Waals surface area contributed by atoms with Crippen molar-refractivity contribution in [2.45, 2.75) is 64.0 Å². The van der Waals surface area contributed by atoms with Crippen LogP contribution in [0.1, 0.15) is 52.4 Å². The SMILES string of the molecule is CC(=O)C(C)(CCC1CCCCC1O)N=O. The summed E-state index contributed by atoms with van der Waals surface area (Å²) in [5.74, 6) is 0.0435. The van der Waals surface area contributed by atoms with Crippen LogP contribution in [0, 0.1) is 10.8 Å². The smallest absolute Gasteiger partial charge is 0.160 e. The molecule has 0 bridgehead atoms. The minimum atomic E-state index is -1.10. The Balaban J connectivity index is 2.48. The van der Waals surface area contributed by atoms with Gasteiger partial charge in [0, 0.05) is 0 Å². The predicted octanol–water partition coefficient (Wildman–Crippen LogP) is 2.43. The number of hydrogen-bond donors (Lipinski definition) is 1. The molecule has 0 saturated heterocycles. The Bertz CT molecular complexity index is 267. The van der Waals surface area contributed by atoms with Gasteiger partial charge < -0.3 is 5.11 Å². The van der Waals surface area contributed by atoms with Gasteiger partial charge in [-0.15, -0.1) is 4.91 Å². The van der Waals surface area contributed by atoms with Crippen molar-refractivity contribution in [2.24, 2.45) is 11.1 Å². The second-order valence-corrected chi connectivity index (χ2v) is 5.07. The Morgan fingerprint density at radius 1 is 1.44 bits per heavy atom. The molecular weight excluding hydrogens is 206 g/mol. The summed E-state index contributed by atoms with van der Waals surface area (Å²) in [6, 6.07) is 0. The van der Waals surface area contributed by atoms with Crippen molar-refractivity contribution >= 4 is 5.78 Å². The monoisotopic (exact) mass is 227 g/mol. The number of carbonyl (C=O) groups excluding carboxylic acids is 1. The molecule has 0 aliphatic heterocycles. The van der Waals surface area contributed by atoms with Crippen LogP contribution < -0.4 is 0 Å². The lowest BCUT2D eigenvalue weighted by atomic mass is 9.80. The van der Waals surface area contributed by atoms with Crippen LogP contribution in [0.3, 0.4) is 0 Å². The Morgan fingerprint density at radius 3 is 2.56 bits per heavy atom. The van der Waals surface area contributed by atoms with Gasteiger partial charge in [0.25, 0.3) is 0 Å². The second kappa shape index (κ2) is 5.53. The Kier molecular flexibility index (Phi) is 4.59. The van der Waals surface area contributed by atoms with Gasteiger partial charge in [-0.2, -0.15) is 0 Å². The van der Waals surface area contributed by atoms with E-state index in [1.165, 1.54) is 6.92 Å². The molecule has 16 heavy (non-hydrogen) atoms. The van der Waals surface area contributed by atoms with Gasteiger partial charge in [-0.3, -0.25) is 4.79 Å². The maximum Gasteiger partial charge on any atom is 0.160 e. The van der Waals surface area contributed by atoms with Crippen LogP contribution in [0.15, 0.2) is 5.18 Å². The highest BCUT2D eigenvalue weighted by Crippen LogP contribution is 2.31. The molecular formula is C12H21NO3. The molecule has 1 fully saturated rings. The number of Topliss-reactive ketones (excluding diaryl/α,β-unsaturated/α-hetero) is 1. The molecule has 3 unspecified atom stereocenters. The topological polar surface area (TPSA) is 66.7 Å². The summed E-state index contributed by atoms with van der Waals surface area (Å²) in [7, 11) is 0. The molecule has 1 aliphatic rings. The van der Waals surface area contributed by atoms with Gasteiger partial charge in [0.1, 0.15) is 0 Å². The second-order valence-electron chi connectivity index (χ2n) is 5.07. The van der Waals surface area contributed by atoms with Crippen molar-refractivity contribution in [2.75, 3.05) is 0 Å². The summed E-state index contributed by atoms with van der Waals surface area (Å²) in [6.07, 6.45) is 4.94. The van der Waals surface area contributed by atoms with Crippen LogP contribution in [0.25, 0.3) is 0 Å².